The van der Waals surface area contributed by atoms with Crippen molar-refractivity contribution in [2.45, 2.75) is 0 Å². The van der Waals surface area contributed by atoms with Gasteiger partial charge in [0.15, 0.2) is 11.5 Å². The molecule has 0 bridgehead atoms. The van der Waals surface area contributed by atoms with E-state index in [1.807, 2.05) is 6.07 Å². The molecule has 9 heteroatoms. The second kappa shape index (κ2) is 5.87. The summed E-state index contributed by atoms with van der Waals surface area (Å²) in [5.41, 5.74) is 3.04. The van der Waals surface area contributed by atoms with Gasteiger partial charge in [0.1, 0.15) is 6.07 Å². The van der Waals surface area contributed by atoms with Crippen LogP contribution < -0.4 is 5.48 Å². The topological polar surface area (TPSA) is 100 Å². The number of hydrogen-bond acceptors (Lipinski definition) is 5. The van der Waals surface area contributed by atoms with Gasteiger partial charge in [0, 0.05) is 11.1 Å². The first-order valence-electron chi connectivity index (χ1n) is 5.02. The average molecular weight is 299 g/mol. The Hall–Kier alpha value is -1.84. The molecule has 0 saturated carbocycles. The van der Waals surface area contributed by atoms with E-state index in [0.29, 0.717) is 10.7 Å². The molecule has 0 aliphatic carbocycles. The molecule has 19 heavy (non-hydrogen) atoms. The van der Waals surface area contributed by atoms with Gasteiger partial charge in [-0.15, -0.1) is 0 Å². The highest BCUT2D eigenvalue weighted by atomic mass is 35.5. The molecule has 98 valence electrons. The van der Waals surface area contributed by atoms with Crippen molar-refractivity contribution in [3.05, 3.63) is 41.0 Å². The number of aromatic nitrogens is 2. The number of benzene rings is 1. The zero-order valence-corrected chi connectivity index (χ0v) is 11.1. The van der Waals surface area contributed by atoms with Crippen LogP contribution in [-0.4, -0.2) is 14.7 Å². The van der Waals surface area contributed by atoms with Crippen LogP contribution in [0.1, 0.15) is 5.69 Å². The molecular formula is C10H8ClN4O3P. The van der Waals surface area contributed by atoms with E-state index in [2.05, 4.69) is 15.2 Å². The highest BCUT2D eigenvalue weighted by molar-refractivity contribution is 7.32. The summed E-state index contributed by atoms with van der Waals surface area (Å²) in [5.74, 6) is 0.256. The smallest absolute Gasteiger partial charge is 0.325 e. The first-order valence-corrected chi connectivity index (χ1v) is 6.66. The van der Waals surface area contributed by atoms with Crippen LogP contribution in [0.2, 0.25) is 5.02 Å². The van der Waals surface area contributed by atoms with Crippen LogP contribution in [0.15, 0.2) is 30.3 Å². The van der Waals surface area contributed by atoms with E-state index in [4.69, 9.17) is 21.8 Å². The van der Waals surface area contributed by atoms with Crippen LogP contribution in [0.4, 0.5) is 5.82 Å². The van der Waals surface area contributed by atoms with Crippen molar-refractivity contribution in [1.82, 2.24) is 9.78 Å². The molecule has 0 aliphatic heterocycles. The summed E-state index contributed by atoms with van der Waals surface area (Å²) < 4.78 is 16.3. The second-order valence-corrected chi connectivity index (χ2v) is 4.56. The molecule has 0 aliphatic rings. The second-order valence-electron chi connectivity index (χ2n) is 3.38. The van der Waals surface area contributed by atoms with Gasteiger partial charge in [-0.3, -0.25) is 4.57 Å². The Morgan fingerprint density at radius 1 is 1.47 bits per heavy atom. The Labute approximate surface area is 113 Å². The third kappa shape index (κ3) is 3.34. The van der Waals surface area contributed by atoms with Crippen molar-refractivity contribution in [2.24, 2.45) is 0 Å². The fourth-order valence-corrected chi connectivity index (χ4v) is 1.70. The first-order chi connectivity index (χ1) is 9.10. The van der Waals surface area contributed by atoms with Gasteiger partial charge in [0.05, 0.1) is 5.69 Å². The van der Waals surface area contributed by atoms with Crippen LogP contribution in [0.25, 0.3) is 5.69 Å². The summed E-state index contributed by atoms with van der Waals surface area (Å²) in [6.07, 6.45) is 0. The predicted octanol–water partition coefficient (Wildman–Crippen LogP) is 2.12. The summed E-state index contributed by atoms with van der Waals surface area (Å²) in [5, 5.41) is 13.4. The highest BCUT2D eigenvalue weighted by Gasteiger charge is 2.10. The van der Waals surface area contributed by atoms with Crippen LogP contribution in [-0.2, 0) is 9.19 Å². The summed E-state index contributed by atoms with van der Waals surface area (Å²) >= 11 is 5.78. The monoisotopic (exact) mass is 298 g/mol. The third-order valence-electron chi connectivity index (χ3n) is 2.14. The molecule has 2 rings (SSSR count). The predicted molar refractivity (Wildman–Crippen MR) is 69.2 cm³/mol. The van der Waals surface area contributed by atoms with Crippen molar-refractivity contribution in [1.29, 1.82) is 5.26 Å². The van der Waals surface area contributed by atoms with Crippen LogP contribution in [0, 0.1) is 11.3 Å². The zero-order valence-electron chi connectivity index (χ0n) is 9.37. The maximum Gasteiger partial charge on any atom is 0.337 e. The lowest BCUT2D eigenvalue weighted by atomic mass is 10.3. The largest absolute Gasteiger partial charge is 0.337 e. The van der Waals surface area contributed by atoms with Crippen molar-refractivity contribution in [3.63, 3.8) is 0 Å². The van der Waals surface area contributed by atoms with Crippen LogP contribution >= 0.6 is 19.9 Å². The SMILES string of the molecule is N#Cc1cc(NO[PH](=O)O)n(-c2ccc(Cl)cc2)n1. The minimum absolute atomic E-state index is 0.138. The minimum Gasteiger partial charge on any atom is -0.325 e. The Morgan fingerprint density at radius 2 is 2.16 bits per heavy atom. The van der Waals surface area contributed by atoms with Gasteiger partial charge >= 0.3 is 8.25 Å². The molecule has 1 aromatic heterocycles. The van der Waals surface area contributed by atoms with Crippen LogP contribution in [0.5, 0.6) is 0 Å². The minimum atomic E-state index is -3.14. The van der Waals surface area contributed by atoms with Gasteiger partial charge in [-0.1, -0.05) is 11.6 Å². The van der Waals surface area contributed by atoms with Crippen molar-refractivity contribution in [3.8, 4) is 11.8 Å². The standard InChI is InChI=1S/C10H8ClN4O3P/c11-7-1-3-9(4-2-7)15-10(14-18-19(16)17)5-8(6-12)13-15/h1-5,14,19H,(H,16,17). The number of nitriles is 1. The fraction of sp³-hybridized carbons (Fsp3) is 0. The van der Waals surface area contributed by atoms with Gasteiger partial charge in [-0.05, 0) is 24.3 Å². The van der Waals surface area contributed by atoms with Gasteiger partial charge in [-0.2, -0.15) is 15.0 Å². The summed E-state index contributed by atoms with van der Waals surface area (Å²) in [7, 11) is -3.14. The number of halogens is 1. The quantitative estimate of drug-likeness (QED) is 0.662. The molecule has 2 N–H and O–H groups in total. The van der Waals surface area contributed by atoms with E-state index >= 15 is 0 Å². The summed E-state index contributed by atoms with van der Waals surface area (Å²) in [6.45, 7) is 0. The summed E-state index contributed by atoms with van der Waals surface area (Å²) in [6, 6.07) is 9.94. The molecule has 2 aromatic rings. The molecule has 0 fully saturated rings. The average Bonchev–Trinajstić information content (AvgIpc) is 2.80. The Kier molecular flexibility index (Phi) is 4.20. The fourth-order valence-electron chi connectivity index (χ4n) is 1.38. The van der Waals surface area contributed by atoms with E-state index < -0.39 is 8.25 Å². The summed E-state index contributed by atoms with van der Waals surface area (Å²) in [4.78, 5) is 8.62. The Bertz CT molecular complexity index is 650. The van der Waals surface area contributed by atoms with Crippen LogP contribution in [0.3, 0.4) is 0 Å². The zero-order chi connectivity index (χ0) is 13.8. The normalized spacial score (nSPS) is 11.8. The number of nitrogens with zero attached hydrogens (tertiary/aromatic N) is 3. The molecular weight excluding hydrogens is 291 g/mol. The van der Waals surface area contributed by atoms with E-state index in [-0.39, 0.29) is 11.5 Å². The Morgan fingerprint density at radius 3 is 2.74 bits per heavy atom. The van der Waals surface area contributed by atoms with Crippen molar-refractivity contribution >= 4 is 25.7 Å². The van der Waals surface area contributed by atoms with E-state index in [0.717, 1.165) is 0 Å². The molecule has 7 nitrogen and oxygen atoms in total. The molecule has 0 spiro atoms. The van der Waals surface area contributed by atoms with E-state index in [1.165, 1.54) is 10.7 Å². The lowest BCUT2D eigenvalue weighted by Gasteiger charge is -2.07. The lowest BCUT2D eigenvalue weighted by molar-refractivity contribution is 0.336. The molecule has 0 amide bonds. The number of hydrogen-bond donors (Lipinski definition) is 2. The Balaban J connectivity index is 2.37. The third-order valence-corrected chi connectivity index (χ3v) is 2.67. The van der Waals surface area contributed by atoms with Gasteiger partial charge in [0.2, 0.25) is 0 Å². The van der Waals surface area contributed by atoms with Crippen molar-refractivity contribution < 1.29 is 14.1 Å². The molecule has 1 aromatic carbocycles. The molecule has 0 saturated heterocycles. The molecule has 0 radical (unpaired) electrons. The molecule has 1 atom stereocenters. The number of anilines is 1. The molecule has 1 unspecified atom stereocenters. The van der Waals surface area contributed by atoms with E-state index in [1.54, 1.807) is 24.3 Å². The van der Waals surface area contributed by atoms with Crippen molar-refractivity contribution in [2.75, 3.05) is 5.48 Å². The van der Waals surface area contributed by atoms with E-state index in [9.17, 15) is 4.57 Å². The maximum atomic E-state index is 10.5. The number of rotatable bonds is 4. The lowest BCUT2D eigenvalue weighted by Crippen LogP contribution is -2.04. The number of nitrogens with one attached hydrogen (secondary N) is 1. The van der Waals surface area contributed by atoms with Gasteiger partial charge in [0.25, 0.3) is 0 Å². The highest BCUT2D eigenvalue weighted by Crippen LogP contribution is 2.22. The van der Waals surface area contributed by atoms with Gasteiger partial charge in [-0.25, -0.2) is 10.2 Å². The maximum absolute atomic E-state index is 10.5. The molecule has 1 heterocycles. The van der Waals surface area contributed by atoms with Gasteiger partial charge < -0.3 is 4.89 Å². The first kappa shape index (κ1) is 13.6.